The Morgan fingerprint density at radius 1 is 0.913 bits per heavy atom. The van der Waals surface area contributed by atoms with E-state index in [1.165, 1.54) is 41.9 Å². The fraction of sp³-hybridized carbons (Fsp3) is 0.229. The molecule has 0 aliphatic carbocycles. The maximum atomic E-state index is 15.8. The number of nitrogens with one attached hydrogen (secondary N) is 1. The first-order valence-electron chi connectivity index (χ1n) is 14.2. The monoisotopic (exact) mass is 668 g/mol. The molecule has 0 saturated carbocycles. The van der Waals surface area contributed by atoms with Gasteiger partial charge in [0.1, 0.15) is 22.9 Å². The molecule has 6 nitrogen and oxygen atoms in total. The minimum absolute atomic E-state index is 0.123. The summed E-state index contributed by atoms with van der Waals surface area (Å²) in [4.78, 5) is 10.9. The van der Waals surface area contributed by atoms with Crippen LogP contribution in [0.25, 0.3) is 10.9 Å². The van der Waals surface area contributed by atoms with Gasteiger partial charge in [-0.15, -0.1) is 11.8 Å². The summed E-state index contributed by atoms with van der Waals surface area (Å²) in [5.41, 5.74) is 2.06. The van der Waals surface area contributed by atoms with Crippen LogP contribution in [0.2, 0.25) is 0 Å². The molecule has 11 heteroatoms. The first-order chi connectivity index (χ1) is 21.9. The number of hydrogen-bond acceptors (Lipinski definition) is 7. The second kappa shape index (κ2) is 15.4. The number of carbonyl (C=O) groups is 1. The zero-order valence-corrected chi connectivity index (χ0v) is 28.0. The van der Waals surface area contributed by atoms with Crippen molar-refractivity contribution in [3.05, 3.63) is 108 Å². The highest BCUT2D eigenvalue weighted by Crippen LogP contribution is 2.45. The highest BCUT2D eigenvalue weighted by molar-refractivity contribution is 7.99. The molecule has 0 spiro atoms. The average molecular weight is 669 g/mol. The van der Waals surface area contributed by atoms with E-state index in [0.717, 1.165) is 21.8 Å². The molecule has 0 amide bonds. The maximum Gasteiger partial charge on any atom is 0.293 e. The molecular formula is C35H35F3N2O4S2. The molecule has 0 atom stereocenters. The molecule has 0 fully saturated rings. The van der Waals surface area contributed by atoms with E-state index >= 15 is 8.78 Å². The molecule has 4 aromatic carbocycles. The molecule has 0 saturated heterocycles. The predicted molar refractivity (Wildman–Crippen MR) is 180 cm³/mol. The van der Waals surface area contributed by atoms with Crippen molar-refractivity contribution >= 4 is 46.8 Å². The second-order valence-electron chi connectivity index (χ2n) is 11.1. The van der Waals surface area contributed by atoms with E-state index in [2.05, 4.69) is 10.1 Å². The fourth-order valence-corrected chi connectivity index (χ4v) is 6.12. The van der Waals surface area contributed by atoms with E-state index in [9.17, 15) is 9.18 Å². The smallest absolute Gasteiger partial charge is 0.293 e. The van der Waals surface area contributed by atoms with Crippen LogP contribution in [0, 0.1) is 24.4 Å². The summed E-state index contributed by atoms with van der Waals surface area (Å²) in [5.74, 6) is -1.48. The van der Waals surface area contributed by atoms with Gasteiger partial charge in [0.2, 0.25) is 5.82 Å². The Hall–Kier alpha value is -4.22. The quantitative estimate of drug-likeness (QED) is 0.117. The molecule has 0 radical (unpaired) electrons. The third-order valence-corrected chi connectivity index (χ3v) is 8.65. The lowest BCUT2D eigenvalue weighted by molar-refractivity contribution is -0.138. The van der Waals surface area contributed by atoms with Crippen molar-refractivity contribution in [2.24, 2.45) is 0 Å². The third kappa shape index (κ3) is 8.73. The Kier molecular flexibility index (Phi) is 11.6. The molecule has 1 heterocycles. The number of aromatic nitrogens is 1. The molecule has 1 aromatic heterocycles. The summed E-state index contributed by atoms with van der Waals surface area (Å²) in [6.45, 7) is 7.91. The summed E-state index contributed by atoms with van der Waals surface area (Å²) >= 11 is 2.63. The van der Waals surface area contributed by atoms with Crippen molar-refractivity contribution in [1.82, 2.24) is 3.97 Å². The Bertz CT molecular complexity index is 1790. The topological polar surface area (TPSA) is 61.7 Å². The first kappa shape index (κ1) is 34.6. The summed E-state index contributed by atoms with van der Waals surface area (Å²) in [6, 6.07) is 21.1. The second-order valence-corrected chi connectivity index (χ2v) is 13.1. The molecule has 0 bridgehead atoms. The van der Waals surface area contributed by atoms with Crippen LogP contribution in [-0.4, -0.2) is 30.2 Å². The van der Waals surface area contributed by atoms with Crippen molar-refractivity contribution in [2.75, 3.05) is 19.5 Å². The third-order valence-electron chi connectivity index (χ3n) is 6.50. The molecule has 0 aliphatic heterocycles. The summed E-state index contributed by atoms with van der Waals surface area (Å²) in [7, 11) is 3.17. The highest BCUT2D eigenvalue weighted by Gasteiger charge is 2.25. The summed E-state index contributed by atoms with van der Waals surface area (Å²) < 4.78 is 62.8. The summed E-state index contributed by atoms with van der Waals surface area (Å²) in [6.07, 6.45) is 1.72. The number of aryl methyl sites for hydroxylation is 1. The minimum atomic E-state index is -1.11. The van der Waals surface area contributed by atoms with Crippen LogP contribution >= 0.6 is 23.7 Å². The standard InChI is InChI=1S/C30H25F3N2O2S2.C5H10O2/c1-18-4-11-22(12-5-18)39-35-15-14-23-28(35)26(32)27(33)29(37-21-10-13-24(31)25(16-21)34-2)30(23)38-17-19-6-8-20(36-3)9-7-19;1-5(2,3)7-4-6/h4-16,34H,17H2,1-3H3;4H,1-3H3. The number of carbonyl (C=O) groups excluding carboxylic acids is 1. The van der Waals surface area contributed by atoms with Crippen molar-refractivity contribution in [1.29, 1.82) is 0 Å². The van der Waals surface area contributed by atoms with Crippen LogP contribution in [-0.2, 0) is 15.3 Å². The van der Waals surface area contributed by atoms with Gasteiger partial charge in [-0.05, 0) is 87.7 Å². The lowest BCUT2D eigenvalue weighted by atomic mass is 10.2. The zero-order chi connectivity index (χ0) is 33.4. The number of nitrogens with zero attached hydrogens (tertiary/aromatic N) is 1. The number of halogens is 3. The molecular weight excluding hydrogens is 634 g/mol. The lowest BCUT2D eigenvalue weighted by Crippen LogP contribution is -2.17. The van der Waals surface area contributed by atoms with Crippen LogP contribution < -0.4 is 14.8 Å². The number of hydrogen-bond donors (Lipinski definition) is 1. The molecule has 242 valence electrons. The minimum Gasteiger partial charge on any atom is -0.497 e. The average Bonchev–Trinajstić information content (AvgIpc) is 3.44. The molecule has 1 N–H and O–H groups in total. The molecule has 0 unspecified atom stereocenters. The van der Waals surface area contributed by atoms with Crippen molar-refractivity contribution in [3.8, 4) is 17.2 Å². The van der Waals surface area contributed by atoms with E-state index in [1.54, 1.807) is 30.4 Å². The van der Waals surface area contributed by atoms with Gasteiger partial charge >= 0.3 is 0 Å². The number of fused-ring (bicyclic) bond motifs is 1. The number of ether oxygens (including phenoxy) is 3. The van der Waals surface area contributed by atoms with Gasteiger partial charge in [0.25, 0.3) is 6.47 Å². The Morgan fingerprint density at radius 3 is 2.17 bits per heavy atom. The Balaban J connectivity index is 0.000000617. The normalized spacial score (nSPS) is 11.1. The first-order valence-corrected chi connectivity index (χ1v) is 16.0. The van der Waals surface area contributed by atoms with Crippen LogP contribution in [0.1, 0.15) is 31.9 Å². The van der Waals surface area contributed by atoms with Gasteiger partial charge in [-0.1, -0.05) is 29.8 Å². The van der Waals surface area contributed by atoms with Gasteiger partial charge in [-0.3, -0.25) is 8.77 Å². The number of thioether (sulfide) groups is 1. The highest BCUT2D eigenvalue weighted by atomic mass is 32.2. The fourth-order valence-electron chi connectivity index (χ4n) is 4.16. The van der Waals surface area contributed by atoms with Crippen molar-refractivity contribution in [3.63, 3.8) is 0 Å². The SMILES string of the molecule is CC(C)(C)OC=O.CNc1cc(Oc2c(F)c(F)c3c(ccn3Sc3ccc(C)cc3)c2SCc2ccc(OC)cc2)ccc1F. The lowest BCUT2D eigenvalue weighted by Gasteiger charge is -2.16. The molecule has 5 aromatic rings. The Labute approximate surface area is 275 Å². The number of methoxy groups -OCH3 is 1. The van der Waals surface area contributed by atoms with E-state index in [-0.39, 0.29) is 28.3 Å². The zero-order valence-electron chi connectivity index (χ0n) is 26.3. The van der Waals surface area contributed by atoms with Gasteiger partial charge in [0.05, 0.1) is 23.2 Å². The summed E-state index contributed by atoms with van der Waals surface area (Å²) in [5, 5.41) is 3.25. The van der Waals surface area contributed by atoms with Crippen LogP contribution in [0.4, 0.5) is 18.9 Å². The van der Waals surface area contributed by atoms with E-state index in [4.69, 9.17) is 9.47 Å². The van der Waals surface area contributed by atoms with Crippen LogP contribution in [0.3, 0.4) is 0 Å². The van der Waals surface area contributed by atoms with E-state index < -0.39 is 17.5 Å². The number of rotatable bonds is 10. The molecule has 5 rings (SSSR count). The van der Waals surface area contributed by atoms with Gasteiger partial charge in [-0.2, -0.15) is 4.39 Å². The van der Waals surface area contributed by atoms with Crippen LogP contribution in [0.5, 0.6) is 17.2 Å². The van der Waals surface area contributed by atoms with Gasteiger partial charge in [-0.25, -0.2) is 8.78 Å². The predicted octanol–water partition coefficient (Wildman–Crippen LogP) is 10.0. The van der Waals surface area contributed by atoms with E-state index in [1.807, 2.05) is 76.2 Å². The van der Waals surface area contributed by atoms with Crippen molar-refractivity contribution < 1.29 is 32.2 Å². The molecule has 46 heavy (non-hydrogen) atoms. The van der Waals surface area contributed by atoms with Gasteiger partial charge in [0, 0.05) is 35.3 Å². The largest absolute Gasteiger partial charge is 0.497 e. The maximum absolute atomic E-state index is 15.8. The van der Waals surface area contributed by atoms with Crippen molar-refractivity contribution in [2.45, 2.75) is 48.8 Å². The van der Waals surface area contributed by atoms with Crippen LogP contribution in [0.15, 0.2) is 88.8 Å². The van der Waals surface area contributed by atoms with Gasteiger partial charge in [0.15, 0.2) is 11.6 Å². The van der Waals surface area contributed by atoms with E-state index in [0.29, 0.717) is 22.5 Å². The van der Waals surface area contributed by atoms with Gasteiger partial charge < -0.3 is 19.5 Å². The number of benzene rings is 4. The number of anilines is 1. The molecule has 0 aliphatic rings. The Morgan fingerprint density at radius 2 is 1.59 bits per heavy atom.